The number of benzene rings is 3. The molecule has 0 saturated carbocycles. The molecular formula is C29H26O3S. The van der Waals surface area contributed by atoms with Gasteiger partial charge in [0.1, 0.15) is 12.4 Å². The minimum Gasteiger partial charge on any atom is -0.489 e. The highest BCUT2D eigenvalue weighted by Gasteiger charge is 2.13. The van der Waals surface area contributed by atoms with E-state index in [1.165, 1.54) is 26.1 Å². The first kappa shape index (κ1) is 22.6. The van der Waals surface area contributed by atoms with Crippen LogP contribution in [0.4, 0.5) is 0 Å². The molecule has 0 bridgehead atoms. The molecule has 0 radical (unpaired) electrons. The fourth-order valence-electron chi connectivity index (χ4n) is 3.93. The van der Waals surface area contributed by atoms with Crippen LogP contribution in [0.1, 0.15) is 42.9 Å². The lowest BCUT2D eigenvalue weighted by Gasteiger charge is -2.10. The molecule has 0 aliphatic heterocycles. The number of aliphatic carboxylic acids is 1. The SMILES string of the molecule is CC#C[C@@H](CC(=O)O)c1ccc(COc2ccc3sc(-c4ccccc4CC)cc3c2)cc1. The van der Waals surface area contributed by atoms with Gasteiger partial charge >= 0.3 is 5.97 Å². The zero-order chi connectivity index (χ0) is 23.2. The van der Waals surface area contributed by atoms with Crippen molar-refractivity contribution in [2.45, 2.75) is 39.2 Å². The summed E-state index contributed by atoms with van der Waals surface area (Å²) in [6.07, 6.45) is 1.02. The van der Waals surface area contributed by atoms with E-state index in [4.69, 9.17) is 9.84 Å². The molecule has 33 heavy (non-hydrogen) atoms. The largest absolute Gasteiger partial charge is 0.489 e. The third-order valence-corrected chi connectivity index (χ3v) is 6.79. The second-order valence-electron chi connectivity index (χ2n) is 7.90. The van der Waals surface area contributed by atoms with Gasteiger partial charge < -0.3 is 9.84 Å². The molecule has 0 aliphatic rings. The number of carbonyl (C=O) groups is 1. The molecule has 4 rings (SSSR count). The van der Waals surface area contributed by atoms with Gasteiger partial charge in [-0.15, -0.1) is 17.3 Å². The first-order valence-corrected chi connectivity index (χ1v) is 11.9. The number of hydrogen-bond acceptors (Lipinski definition) is 3. The van der Waals surface area contributed by atoms with Crippen molar-refractivity contribution in [3.63, 3.8) is 0 Å². The van der Waals surface area contributed by atoms with Crippen LogP contribution in [0.15, 0.2) is 72.8 Å². The maximum absolute atomic E-state index is 11.1. The van der Waals surface area contributed by atoms with E-state index in [9.17, 15) is 4.79 Å². The van der Waals surface area contributed by atoms with E-state index in [1.807, 2.05) is 41.7 Å². The van der Waals surface area contributed by atoms with Crippen LogP contribution < -0.4 is 4.74 Å². The molecule has 0 saturated heterocycles. The van der Waals surface area contributed by atoms with Gasteiger partial charge in [0, 0.05) is 9.58 Å². The van der Waals surface area contributed by atoms with Crippen molar-refractivity contribution >= 4 is 27.4 Å². The quantitative estimate of drug-likeness (QED) is 0.284. The van der Waals surface area contributed by atoms with Crippen LogP contribution in [0.5, 0.6) is 5.75 Å². The molecule has 166 valence electrons. The number of rotatable bonds is 8. The van der Waals surface area contributed by atoms with Gasteiger partial charge in [0.05, 0.1) is 12.3 Å². The van der Waals surface area contributed by atoms with Gasteiger partial charge in [-0.1, -0.05) is 61.4 Å². The van der Waals surface area contributed by atoms with Crippen LogP contribution in [-0.4, -0.2) is 11.1 Å². The molecule has 4 aromatic rings. The van der Waals surface area contributed by atoms with E-state index in [1.54, 1.807) is 6.92 Å². The first-order valence-electron chi connectivity index (χ1n) is 11.0. The summed E-state index contributed by atoms with van der Waals surface area (Å²) in [5.74, 6) is 5.50. The highest BCUT2D eigenvalue weighted by atomic mass is 32.1. The molecule has 1 heterocycles. The van der Waals surface area contributed by atoms with E-state index >= 15 is 0 Å². The van der Waals surface area contributed by atoms with E-state index < -0.39 is 5.97 Å². The van der Waals surface area contributed by atoms with Crippen LogP contribution in [0.2, 0.25) is 0 Å². The van der Waals surface area contributed by atoms with Crippen molar-refractivity contribution in [2.75, 3.05) is 0 Å². The number of thiophene rings is 1. The summed E-state index contributed by atoms with van der Waals surface area (Å²) in [4.78, 5) is 12.4. The van der Waals surface area contributed by atoms with Crippen molar-refractivity contribution < 1.29 is 14.6 Å². The van der Waals surface area contributed by atoms with Gasteiger partial charge in [-0.3, -0.25) is 4.79 Å². The summed E-state index contributed by atoms with van der Waals surface area (Å²) >= 11 is 1.81. The molecule has 1 atom stereocenters. The Balaban J connectivity index is 1.47. The third-order valence-electron chi connectivity index (χ3n) is 5.64. The Morgan fingerprint density at radius 2 is 1.85 bits per heavy atom. The van der Waals surface area contributed by atoms with Crippen LogP contribution in [-0.2, 0) is 17.8 Å². The lowest BCUT2D eigenvalue weighted by atomic mass is 9.95. The highest BCUT2D eigenvalue weighted by Crippen LogP contribution is 2.37. The van der Waals surface area contributed by atoms with Gasteiger partial charge in [-0.2, -0.15) is 0 Å². The van der Waals surface area contributed by atoms with Gasteiger partial charge in [-0.05, 0) is 65.3 Å². The number of carboxylic acid groups (broad SMARTS) is 1. The Kier molecular flexibility index (Phi) is 7.12. The Hall–Kier alpha value is -3.55. The maximum atomic E-state index is 11.1. The van der Waals surface area contributed by atoms with Gasteiger partial charge in [0.25, 0.3) is 0 Å². The fraction of sp³-hybridized carbons (Fsp3) is 0.207. The Morgan fingerprint density at radius 3 is 2.58 bits per heavy atom. The zero-order valence-electron chi connectivity index (χ0n) is 18.8. The van der Waals surface area contributed by atoms with E-state index in [-0.39, 0.29) is 12.3 Å². The summed E-state index contributed by atoms with van der Waals surface area (Å²) in [7, 11) is 0. The van der Waals surface area contributed by atoms with Crippen molar-refractivity contribution in [3.8, 4) is 28.0 Å². The molecule has 0 aliphatic carbocycles. The fourth-order valence-corrected chi connectivity index (χ4v) is 5.03. The van der Waals surface area contributed by atoms with Crippen LogP contribution in [0, 0.1) is 11.8 Å². The lowest BCUT2D eigenvalue weighted by molar-refractivity contribution is -0.137. The molecule has 0 unspecified atom stereocenters. The van der Waals surface area contributed by atoms with Gasteiger partial charge in [0.2, 0.25) is 0 Å². The van der Waals surface area contributed by atoms with E-state index in [0.29, 0.717) is 6.61 Å². The molecule has 1 aromatic heterocycles. The third kappa shape index (κ3) is 5.45. The second kappa shape index (κ2) is 10.4. The number of carboxylic acids is 1. The average Bonchev–Trinajstić information content (AvgIpc) is 3.26. The van der Waals surface area contributed by atoms with Gasteiger partial charge in [0.15, 0.2) is 0 Å². The van der Waals surface area contributed by atoms with Crippen molar-refractivity contribution in [1.29, 1.82) is 0 Å². The predicted molar refractivity (Wildman–Crippen MR) is 136 cm³/mol. The van der Waals surface area contributed by atoms with Crippen LogP contribution in [0.3, 0.4) is 0 Å². The van der Waals surface area contributed by atoms with E-state index in [0.717, 1.165) is 23.3 Å². The normalized spacial score (nSPS) is 11.6. The lowest BCUT2D eigenvalue weighted by Crippen LogP contribution is -2.05. The molecule has 0 fully saturated rings. The van der Waals surface area contributed by atoms with Crippen molar-refractivity contribution in [1.82, 2.24) is 0 Å². The Morgan fingerprint density at radius 1 is 1.06 bits per heavy atom. The smallest absolute Gasteiger partial charge is 0.304 e. The standard InChI is InChI=1S/C29H26O3S/c1-3-7-23(18-29(30)31)22-12-10-20(11-13-22)19-32-25-14-15-27-24(16-25)17-28(33-27)26-9-6-5-8-21(26)4-2/h5-6,8-17,23H,4,18-19H2,1-2H3,(H,30,31)/t23-/m0/s1. The first-order chi connectivity index (χ1) is 16.1. The molecule has 3 aromatic carbocycles. The average molecular weight is 455 g/mol. The van der Waals surface area contributed by atoms with Crippen molar-refractivity contribution in [2.24, 2.45) is 0 Å². The molecule has 4 heteroatoms. The number of ether oxygens (including phenoxy) is 1. The van der Waals surface area contributed by atoms with Crippen LogP contribution in [0.25, 0.3) is 20.5 Å². The summed E-state index contributed by atoms with van der Waals surface area (Å²) in [5, 5.41) is 10.3. The summed E-state index contributed by atoms with van der Waals surface area (Å²) < 4.78 is 7.30. The monoisotopic (exact) mass is 454 g/mol. The molecule has 0 spiro atoms. The maximum Gasteiger partial charge on any atom is 0.304 e. The Bertz CT molecular complexity index is 1320. The topological polar surface area (TPSA) is 46.5 Å². The van der Waals surface area contributed by atoms with Crippen LogP contribution >= 0.6 is 11.3 Å². The summed E-state index contributed by atoms with van der Waals surface area (Å²) in [6.45, 7) is 4.37. The minimum atomic E-state index is -0.847. The molecule has 1 N–H and O–H groups in total. The van der Waals surface area contributed by atoms with Crippen molar-refractivity contribution in [3.05, 3.63) is 89.5 Å². The molecule has 3 nitrogen and oxygen atoms in total. The number of fused-ring (bicyclic) bond motifs is 1. The minimum absolute atomic E-state index is 0.00204. The molecule has 0 amide bonds. The Labute approximate surface area is 198 Å². The predicted octanol–water partition coefficient (Wildman–Crippen LogP) is 7.29. The summed E-state index contributed by atoms with van der Waals surface area (Å²) in [5.41, 5.74) is 4.60. The highest BCUT2D eigenvalue weighted by molar-refractivity contribution is 7.22. The number of aryl methyl sites for hydroxylation is 1. The van der Waals surface area contributed by atoms with Gasteiger partial charge in [-0.25, -0.2) is 0 Å². The number of hydrogen-bond donors (Lipinski definition) is 1. The van der Waals surface area contributed by atoms with E-state index in [2.05, 4.69) is 61.2 Å². The summed E-state index contributed by atoms with van der Waals surface area (Å²) in [6, 6.07) is 24.9. The molecular weight excluding hydrogens is 428 g/mol. The second-order valence-corrected chi connectivity index (χ2v) is 8.98. The zero-order valence-corrected chi connectivity index (χ0v) is 19.6.